The molecule has 1 saturated heterocycles. The van der Waals surface area contributed by atoms with Gasteiger partial charge < -0.3 is 9.84 Å². The van der Waals surface area contributed by atoms with Gasteiger partial charge in [0.2, 0.25) is 0 Å². The molecule has 0 saturated carbocycles. The summed E-state index contributed by atoms with van der Waals surface area (Å²) in [6.07, 6.45) is 0.924. The molecule has 0 spiro atoms. The van der Waals surface area contributed by atoms with E-state index < -0.39 is 11.5 Å². The number of carboxylic acids is 1. The maximum atomic E-state index is 11.5. The van der Waals surface area contributed by atoms with Crippen LogP contribution in [0, 0.1) is 0 Å². The maximum Gasteiger partial charge on any atom is 0.324 e. The van der Waals surface area contributed by atoms with Crippen molar-refractivity contribution in [3.63, 3.8) is 0 Å². The third-order valence-electron chi connectivity index (χ3n) is 3.37. The van der Waals surface area contributed by atoms with Crippen LogP contribution in [0.1, 0.15) is 18.4 Å². The number of carbonyl (C=O) groups is 1. The summed E-state index contributed by atoms with van der Waals surface area (Å²) in [6, 6.07) is 5.28. The lowest BCUT2D eigenvalue weighted by Crippen LogP contribution is -2.55. The number of nitrogens with one attached hydrogen (secondary N) is 1. The molecule has 0 unspecified atom stereocenters. The van der Waals surface area contributed by atoms with E-state index in [1.165, 1.54) is 0 Å². The average molecular weight is 304 g/mol. The van der Waals surface area contributed by atoms with Crippen molar-refractivity contribution in [2.24, 2.45) is 0 Å². The lowest BCUT2D eigenvalue weighted by Gasteiger charge is -2.34. The first-order valence-corrected chi connectivity index (χ1v) is 6.79. The van der Waals surface area contributed by atoms with Crippen LogP contribution >= 0.6 is 23.2 Å². The fourth-order valence-electron chi connectivity index (χ4n) is 2.11. The van der Waals surface area contributed by atoms with Crippen LogP contribution < -0.4 is 5.32 Å². The molecule has 1 aromatic carbocycles. The van der Waals surface area contributed by atoms with Gasteiger partial charge in [0.05, 0.1) is 10.0 Å². The first-order valence-electron chi connectivity index (χ1n) is 6.04. The Morgan fingerprint density at radius 1 is 1.32 bits per heavy atom. The first kappa shape index (κ1) is 14.6. The zero-order chi connectivity index (χ0) is 13.9. The van der Waals surface area contributed by atoms with Crippen molar-refractivity contribution in [2.75, 3.05) is 13.2 Å². The Labute approximate surface area is 121 Å². The van der Waals surface area contributed by atoms with Crippen molar-refractivity contribution >= 4 is 29.2 Å². The van der Waals surface area contributed by atoms with Gasteiger partial charge in [0.15, 0.2) is 0 Å². The zero-order valence-corrected chi connectivity index (χ0v) is 11.8. The number of carboxylic acid groups (broad SMARTS) is 1. The van der Waals surface area contributed by atoms with E-state index in [1.54, 1.807) is 12.1 Å². The van der Waals surface area contributed by atoms with Gasteiger partial charge >= 0.3 is 5.97 Å². The quantitative estimate of drug-likeness (QED) is 0.898. The summed E-state index contributed by atoms with van der Waals surface area (Å²) in [5, 5.41) is 13.5. The maximum absolute atomic E-state index is 11.5. The average Bonchev–Trinajstić information content (AvgIpc) is 2.41. The molecule has 2 N–H and O–H groups in total. The van der Waals surface area contributed by atoms with Crippen LogP contribution in [-0.2, 0) is 16.1 Å². The summed E-state index contributed by atoms with van der Waals surface area (Å²) in [5.41, 5.74) is -0.00816. The standard InChI is InChI=1S/C13H15Cl2NO3/c14-10-2-1-9(7-11(10)15)8-16-13(12(17)18)3-5-19-6-4-13/h1-2,7,16H,3-6,8H2,(H,17,18). The Bertz CT molecular complexity index is 473. The molecule has 1 aliphatic heterocycles. The molecular formula is C13H15Cl2NO3. The Hall–Kier alpha value is -0.810. The van der Waals surface area contributed by atoms with E-state index >= 15 is 0 Å². The second-order valence-electron chi connectivity index (χ2n) is 4.60. The van der Waals surface area contributed by atoms with Crippen molar-refractivity contribution in [1.29, 1.82) is 0 Å². The largest absolute Gasteiger partial charge is 0.480 e. The van der Waals surface area contributed by atoms with Crippen LogP contribution in [0.15, 0.2) is 18.2 Å². The molecule has 0 aliphatic carbocycles. The highest BCUT2D eigenvalue weighted by atomic mass is 35.5. The van der Waals surface area contributed by atoms with E-state index in [1.807, 2.05) is 6.07 Å². The van der Waals surface area contributed by atoms with Gasteiger partial charge in [-0.05, 0) is 30.5 Å². The minimum atomic E-state index is -0.912. The number of aliphatic carboxylic acids is 1. The molecule has 1 aliphatic rings. The monoisotopic (exact) mass is 303 g/mol. The molecule has 0 radical (unpaired) electrons. The second kappa shape index (κ2) is 6.09. The lowest BCUT2D eigenvalue weighted by molar-refractivity contribution is -0.149. The number of hydrogen-bond acceptors (Lipinski definition) is 3. The Kier molecular flexibility index (Phi) is 4.68. The molecule has 0 bridgehead atoms. The minimum absolute atomic E-state index is 0.434. The molecule has 0 amide bonds. The summed E-state index contributed by atoms with van der Waals surface area (Å²) >= 11 is 11.8. The molecule has 0 atom stereocenters. The molecule has 104 valence electrons. The Morgan fingerprint density at radius 2 is 2.00 bits per heavy atom. The van der Waals surface area contributed by atoms with Crippen LogP contribution in [0.5, 0.6) is 0 Å². The number of halogens is 2. The van der Waals surface area contributed by atoms with Gasteiger partial charge in [0.1, 0.15) is 5.54 Å². The van der Waals surface area contributed by atoms with E-state index in [9.17, 15) is 9.90 Å². The Morgan fingerprint density at radius 3 is 2.58 bits per heavy atom. The normalized spacial score (nSPS) is 18.2. The summed E-state index contributed by atoms with van der Waals surface area (Å²) in [4.78, 5) is 11.5. The Balaban J connectivity index is 2.06. The highest BCUT2D eigenvalue weighted by molar-refractivity contribution is 6.42. The van der Waals surface area contributed by atoms with Crippen molar-refractivity contribution in [3.8, 4) is 0 Å². The first-order chi connectivity index (χ1) is 9.03. The topological polar surface area (TPSA) is 58.6 Å². The summed E-state index contributed by atoms with van der Waals surface area (Å²) < 4.78 is 5.22. The molecule has 6 heteroatoms. The van der Waals surface area contributed by atoms with Gasteiger partial charge in [0.25, 0.3) is 0 Å². The third kappa shape index (κ3) is 3.39. The van der Waals surface area contributed by atoms with Crippen molar-refractivity contribution in [2.45, 2.75) is 24.9 Å². The molecule has 2 rings (SSSR count). The van der Waals surface area contributed by atoms with Crippen LogP contribution in [0.3, 0.4) is 0 Å². The number of ether oxygens (including phenoxy) is 1. The SMILES string of the molecule is O=C(O)C1(NCc2ccc(Cl)c(Cl)c2)CCOCC1. The van der Waals surface area contributed by atoms with Crippen LogP contribution in [0.25, 0.3) is 0 Å². The smallest absolute Gasteiger partial charge is 0.324 e. The summed E-state index contributed by atoms with van der Waals surface area (Å²) in [5.74, 6) is -0.837. The van der Waals surface area contributed by atoms with E-state index in [0.29, 0.717) is 42.6 Å². The lowest BCUT2D eigenvalue weighted by atomic mass is 9.90. The van der Waals surface area contributed by atoms with Crippen molar-refractivity contribution in [3.05, 3.63) is 33.8 Å². The van der Waals surface area contributed by atoms with Gasteiger partial charge in [-0.15, -0.1) is 0 Å². The zero-order valence-electron chi connectivity index (χ0n) is 10.3. The summed E-state index contributed by atoms with van der Waals surface area (Å²) in [7, 11) is 0. The van der Waals surface area contributed by atoms with E-state index in [4.69, 9.17) is 27.9 Å². The minimum Gasteiger partial charge on any atom is -0.480 e. The van der Waals surface area contributed by atoms with Crippen molar-refractivity contribution < 1.29 is 14.6 Å². The molecule has 1 fully saturated rings. The highest BCUT2D eigenvalue weighted by Crippen LogP contribution is 2.25. The molecule has 4 nitrogen and oxygen atoms in total. The van der Waals surface area contributed by atoms with Crippen molar-refractivity contribution in [1.82, 2.24) is 5.32 Å². The van der Waals surface area contributed by atoms with E-state index in [2.05, 4.69) is 5.32 Å². The molecule has 1 heterocycles. The molecule has 1 aromatic rings. The van der Waals surface area contributed by atoms with Gasteiger partial charge in [-0.1, -0.05) is 29.3 Å². The molecular weight excluding hydrogens is 289 g/mol. The number of rotatable bonds is 4. The fraction of sp³-hybridized carbons (Fsp3) is 0.462. The van der Waals surface area contributed by atoms with E-state index in [0.717, 1.165) is 5.56 Å². The summed E-state index contributed by atoms with van der Waals surface area (Å²) in [6.45, 7) is 1.35. The van der Waals surface area contributed by atoms with Crippen LogP contribution in [0.4, 0.5) is 0 Å². The number of hydrogen-bond donors (Lipinski definition) is 2. The van der Waals surface area contributed by atoms with Crippen LogP contribution in [-0.4, -0.2) is 29.8 Å². The predicted molar refractivity (Wildman–Crippen MR) is 73.7 cm³/mol. The predicted octanol–water partition coefficient (Wildman–Crippen LogP) is 2.72. The molecule has 0 aromatic heterocycles. The van der Waals surface area contributed by atoms with Gasteiger partial charge in [-0.2, -0.15) is 0 Å². The highest BCUT2D eigenvalue weighted by Gasteiger charge is 2.39. The second-order valence-corrected chi connectivity index (χ2v) is 5.42. The number of benzene rings is 1. The fourth-order valence-corrected chi connectivity index (χ4v) is 2.43. The van der Waals surface area contributed by atoms with Crippen LogP contribution in [0.2, 0.25) is 10.0 Å². The van der Waals surface area contributed by atoms with Gasteiger partial charge in [0, 0.05) is 19.8 Å². The third-order valence-corrected chi connectivity index (χ3v) is 4.11. The molecule has 19 heavy (non-hydrogen) atoms. The van der Waals surface area contributed by atoms with Gasteiger partial charge in [-0.3, -0.25) is 10.1 Å². The van der Waals surface area contributed by atoms with Gasteiger partial charge in [-0.25, -0.2) is 0 Å². The van der Waals surface area contributed by atoms with E-state index in [-0.39, 0.29) is 0 Å².